The lowest BCUT2D eigenvalue weighted by atomic mass is 10.1. The van der Waals surface area contributed by atoms with Crippen LogP contribution in [-0.2, 0) is 21.4 Å². The lowest BCUT2D eigenvalue weighted by Crippen LogP contribution is -2.32. The number of hydrogen-bond acceptors (Lipinski definition) is 3. The number of carbonyl (C=O) groups excluding carboxylic acids is 1. The molecule has 0 aliphatic carbocycles. The molecule has 0 aromatic heterocycles. The van der Waals surface area contributed by atoms with E-state index < -0.39 is 10.0 Å². The summed E-state index contributed by atoms with van der Waals surface area (Å²) in [5, 5.41) is 3.38. The van der Waals surface area contributed by atoms with Gasteiger partial charge in [-0.15, -0.1) is 0 Å². The molecule has 0 saturated carbocycles. The van der Waals surface area contributed by atoms with E-state index in [1.165, 1.54) is 4.31 Å². The molecular weight excluding hydrogens is 384 g/mol. The number of aryl methyl sites for hydroxylation is 1. The van der Waals surface area contributed by atoms with Gasteiger partial charge in [0.25, 0.3) is 0 Å². The van der Waals surface area contributed by atoms with Crippen LogP contribution >= 0.6 is 11.6 Å². The van der Waals surface area contributed by atoms with Gasteiger partial charge in [-0.3, -0.25) is 9.10 Å². The molecular formula is C20H25ClN2O3S. The van der Waals surface area contributed by atoms with E-state index in [2.05, 4.69) is 5.32 Å². The van der Waals surface area contributed by atoms with E-state index in [9.17, 15) is 13.2 Å². The van der Waals surface area contributed by atoms with Crippen molar-refractivity contribution in [1.82, 2.24) is 5.32 Å². The number of carbonyl (C=O) groups is 1. The summed E-state index contributed by atoms with van der Waals surface area (Å²) in [4.78, 5) is 12.1. The molecule has 1 N–H and O–H groups in total. The molecule has 146 valence electrons. The topological polar surface area (TPSA) is 66.5 Å². The van der Waals surface area contributed by atoms with Crippen molar-refractivity contribution < 1.29 is 13.2 Å². The SMILES string of the molecule is Cc1cccc(CNC(=O)CCCN(c2cccc(Cl)c2C)S(C)(=O)=O)c1. The molecule has 1 amide bonds. The van der Waals surface area contributed by atoms with Crippen molar-refractivity contribution >= 4 is 33.2 Å². The van der Waals surface area contributed by atoms with Gasteiger partial charge >= 0.3 is 0 Å². The normalized spacial score (nSPS) is 11.3. The van der Waals surface area contributed by atoms with Gasteiger partial charge in [-0.2, -0.15) is 0 Å². The molecule has 2 aromatic rings. The minimum atomic E-state index is -3.47. The third-order valence-corrected chi connectivity index (χ3v) is 5.83. The van der Waals surface area contributed by atoms with Crippen LogP contribution in [0.1, 0.15) is 29.5 Å². The molecule has 0 fully saturated rings. The summed E-state index contributed by atoms with van der Waals surface area (Å²) in [6, 6.07) is 13.1. The van der Waals surface area contributed by atoms with Crippen LogP contribution < -0.4 is 9.62 Å². The van der Waals surface area contributed by atoms with Crippen molar-refractivity contribution in [2.75, 3.05) is 17.1 Å². The van der Waals surface area contributed by atoms with Crippen molar-refractivity contribution in [2.24, 2.45) is 0 Å². The number of anilines is 1. The number of nitrogens with one attached hydrogen (secondary N) is 1. The van der Waals surface area contributed by atoms with E-state index in [0.29, 0.717) is 29.2 Å². The number of amides is 1. The van der Waals surface area contributed by atoms with Gasteiger partial charge in [-0.25, -0.2) is 8.42 Å². The molecule has 0 saturated heterocycles. The quantitative estimate of drug-likeness (QED) is 0.722. The summed E-state index contributed by atoms with van der Waals surface area (Å²) >= 11 is 6.12. The Morgan fingerprint density at radius 2 is 1.85 bits per heavy atom. The van der Waals surface area contributed by atoms with Gasteiger partial charge in [-0.05, 0) is 43.5 Å². The Morgan fingerprint density at radius 1 is 1.15 bits per heavy atom. The molecule has 5 nitrogen and oxygen atoms in total. The maximum absolute atomic E-state index is 12.2. The first-order valence-electron chi connectivity index (χ1n) is 8.73. The first kappa shape index (κ1) is 21.3. The molecule has 0 spiro atoms. The monoisotopic (exact) mass is 408 g/mol. The summed E-state index contributed by atoms with van der Waals surface area (Å²) in [5.74, 6) is -0.104. The Morgan fingerprint density at radius 3 is 2.52 bits per heavy atom. The maximum atomic E-state index is 12.2. The minimum Gasteiger partial charge on any atom is -0.352 e. The number of rotatable bonds is 8. The fourth-order valence-electron chi connectivity index (χ4n) is 2.83. The number of halogens is 1. The third-order valence-electron chi connectivity index (χ3n) is 4.25. The van der Waals surface area contributed by atoms with Gasteiger partial charge in [0.2, 0.25) is 15.9 Å². The Bertz CT molecular complexity index is 913. The first-order chi connectivity index (χ1) is 12.7. The van der Waals surface area contributed by atoms with Crippen molar-refractivity contribution in [1.29, 1.82) is 0 Å². The Labute approximate surface area is 166 Å². The Hall–Kier alpha value is -2.05. The van der Waals surface area contributed by atoms with Gasteiger partial charge < -0.3 is 5.32 Å². The largest absolute Gasteiger partial charge is 0.352 e. The molecule has 0 unspecified atom stereocenters. The minimum absolute atomic E-state index is 0.104. The van der Waals surface area contributed by atoms with Gasteiger partial charge in [0.15, 0.2) is 0 Å². The Kier molecular flexibility index (Phi) is 7.27. The molecule has 2 aromatic carbocycles. The van der Waals surface area contributed by atoms with E-state index in [0.717, 1.165) is 17.4 Å². The lowest BCUT2D eigenvalue weighted by molar-refractivity contribution is -0.121. The van der Waals surface area contributed by atoms with Crippen LogP contribution in [0.15, 0.2) is 42.5 Å². The highest BCUT2D eigenvalue weighted by molar-refractivity contribution is 7.92. The number of benzene rings is 2. The molecule has 0 atom stereocenters. The van der Waals surface area contributed by atoms with Crippen molar-refractivity contribution in [3.8, 4) is 0 Å². The van der Waals surface area contributed by atoms with E-state index in [1.807, 2.05) is 31.2 Å². The second-order valence-electron chi connectivity index (χ2n) is 6.59. The molecule has 0 radical (unpaired) electrons. The number of sulfonamides is 1. The van der Waals surface area contributed by atoms with Crippen LogP contribution in [-0.4, -0.2) is 27.1 Å². The average molecular weight is 409 g/mol. The summed E-state index contributed by atoms with van der Waals surface area (Å²) in [6.45, 7) is 4.47. The van der Waals surface area contributed by atoms with Gasteiger partial charge in [0, 0.05) is 24.5 Å². The average Bonchev–Trinajstić information content (AvgIpc) is 2.59. The first-order valence-corrected chi connectivity index (χ1v) is 11.0. The highest BCUT2D eigenvalue weighted by Gasteiger charge is 2.20. The molecule has 27 heavy (non-hydrogen) atoms. The van der Waals surface area contributed by atoms with Crippen LogP contribution in [0, 0.1) is 13.8 Å². The van der Waals surface area contributed by atoms with Gasteiger partial charge in [0.1, 0.15) is 0 Å². The third kappa shape index (κ3) is 6.26. The Balaban J connectivity index is 1.94. The molecule has 0 bridgehead atoms. The highest BCUT2D eigenvalue weighted by atomic mass is 35.5. The van der Waals surface area contributed by atoms with E-state index in [-0.39, 0.29) is 18.9 Å². The molecule has 0 aliphatic rings. The fourth-order valence-corrected chi connectivity index (χ4v) is 4.01. The maximum Gasteiger partial charge on any atom is 0.232 e. The van der Waals surface area contributed by atoms with Crippen LogP contribution in [0.4, 0.5) is 5.69 Å². The zero-order chi connectivity index (χ0) is 20.0. The second-order valence-corrected chi connectivity index (χ2v) is 8.90. The number of hydrogen-bond donors (Lipinski definition) is 1. The number of nitrogens with zero attached hydrogens (tertiary/aromatic N) is 1. The van der Waals surface area contributed by atoms with Gasteiger partial charge in [-0.1, -0.05) is 47.5 Å². The predicted octanol–water partition coefficient (Wildman–Crippen LogP) is 3.82. The smallest absolute Gasteiger partial charge is 0.232 e. The van der Waals surface area contributed by atoms with Gasteiger partial charge in [0.05, 0.1) is 11.9 Å². The predicted molar refractivity (Wildman–Crippen MR) is 111 cm³/mol. The van der Waals surface area contributed by atoms with Crippen LogP contribution in [0.5, 0.6) is 0 Å². The standard InChI is InChI=1S/C20H25ClN2O3S/c1-15-7-4-8-17(13-15)14-22-20(24)11-6-12-23(27(3,25)26)19-10-5-9-18(21)16(19)2/h4-5,7-10,13H,6,11-12,14H2,1-3H3,(H,22,24). The summed E-state index contributed by atoms with van der Waals surface area (Å²) in [5.41, 5.74) is 3.43. The zero-order valence-corrected chi connectivity index (χ0v) is 17.4. The molecule has 7 heteroatoms. The van der Waals surface area contributed by atoms with Crippen molar-refractivity contribution in [2.45, 2.75) is 33.2 Å². The fraction of sp³-hybridized carbons (Fsp3) is 0.350. The van der Waals surface area contributed by atoms with Crippen LogP contribution in [0.2, 0.25) is 5.02 Å². The van der Waals surface area contributed by atoms with Crippen LogP contribution in [0.3, 0.4) is 0 Å². The lowest BCUT2D eigenvalue weighted by Gasteiger charge is -2.24. The van der Waals surface area contributed by atoms with E-state index >= 15 is 0 Å². The van der Waals surface area contributed by atoms with E-state index in [1.54, 1.807) is 25.1 Å². The van der Waals surface area contributed by atoms with Crippen LogP contribution in [0.25, 0.3) is 0 Å². The summed E-state index contributed by atoms with van der Waals surface area (Å²) in [6.07, 6.45) is 1.82. The van der Waals surface area contributed by atoms with Crippen molar-refractivity contribution in [3.05, 3.63) is 64.2 Å². The molecule has 0 aliphatic heterocycles. The van der Waals surface area contributed by atoms with Crippen molar-refractivity contribution in [3.63, 3.8) is 0 Å². The zero-order valence-electron chi connectivity index (χ0n) is 15.8. The molecule has 2 rings (SSSR count). The van der Waals surface area contributed by atoms with E-state index in [4.69, 9.17) is 11.6 Å². The summed E-state index contributed by atoms with van der Waals surface area (Å²) < 4.78 is 25.7. The second kappa shape index (κ2) is 9.24. The summed E-state index contributed by atoms with van der Waals surface area (Å²) in [7, 11) is -3.47. The molecule has 0 heterocycles. The highest BCUT2D eigenvalue weighted by Crippen LogP contribution is 2.28.